The van der Waals surface area contributed by atoms with E-state index in [1.165, 1.54) is 0 Å². The molecule has 0 saturated heterocycles. The van der Waals surface area contributed by atoms with Gasteiger partial charge in [-0.15, -0.1) is 5.10 Å². The molecular formula is C10H18N4O2. The van der Waals surface area contributed by atoms with E-state index in [0.717, 1.165) is 18.7 Å². The average molecular weight is 226 g/mol. The molecule has 0 aromatic carbocycles. The fraction of sp³-hybridized carbons (Fsp3) is 0.700. The molecule has 0 fully saturated rings. The van der Waals surface area contributed by atoms with Gasteiger partial charge in [-0.05, 0) is 6.42 Å². The first-order chi connectivity index (χ1) is 7.69. The molecule has 1 heterocycles. The molecule has 1 rings (SSSR count). The van der Waals surface area contributed by atoms with E-state index >= 15 is 0 Å². The smallest absolute Gasteiger partial charge is 0.293 e. The largest absolute Gasteiger partial charge is 0.385 e. The van der Waals surface area contributed by atoms with Crippen molar-refractivity contribution in [2.24, 2.45) is 0 Å². The molecule has 0 unspecified atom stereocenters. The quantitative estimate of drug-likeness (QED) is 0.716. The highest BCUT2D eigenvalue weighted by Gasteiger charge is 2.16. The Morgan fingerprint density at radius 2 is 2.31 bits per heavy atom. The minimum Gasteiger partial charge on any atom is -0.385 e. The fourth-order valence-electron chi connectivity index (χ4n) is 1.27. The van der Waals surface area contributed by atoms with Crippen LogP contribution in [0, 0.1) is 0 Å². The van der Waals surface area contributed by atoms with Gasteiger partial charge < -0.3 is 9.64 Å². The summed E-state index contributed by atoms with van der Waals surface area (Å²) in [5.41, 5.74) is 0. The molecule has 0 bridgehead atoms. The van der Waals surface area contributed by atoms with Crippen LogP contribution in [0.1, 0.15) is 29.8 Å². The third kappa shape index (κ3) is 3.30. The van der Waals surface area contributed by atoms with Crippen molar-refractivity contribution < 1.29 is 9.53 Å². The highest BCUT2D eigenvalue weighted by Crippen LogP contribution is 1.99. The summed E-state index contributed by atoms with van der Waals surface area (Å²) in [7, 11) is 3.38. The number of hydrogen-bond acceptors (Lipinski definition) is 4. The summed E-state index contributed by atoms with van der Waals surface area (Å²) >= 11 is 0. The van der Waals surface area contributed by atoms with Crippen molar-refractivity contribution in [2.45, 2.75) is 19.8 Å². The maximum atomic E-state index is 11.8. The predicted octanol–water partition coefficient (Wildman–Crippen LogP) is 0.476. The Balaban J connectivity index is 2.49. The summed E-state index contributed by atoms with van der Waals surface area (Å²) in [5.74, 6) is 0.803. The van der Waals surface area contributed by atoms with Gasteiger partial charge in [0.25, 0.3) is 5.91 Å². The topological polar surface area (TPSA) is 71.1 Å². The number of methoxy groups -OCH3 is 1. The number of hydrogen-bond donors (Lipinski definition) is 1. The van der Waals surface area contributed by atoms with Crippen LogP contribution in [0.2, 0.25) is 0 Å². The molecule has 0 spiro atoms. The number of ether oxygens (including phenoxy) is 1. The Bertz CT molecular complexity index is 337. The number of aromatic amines is 1. The summed E-state index contributed by atoms with van der Waals surface area (Å²) in [6.45, 7) is 3.24. The van der Waals surface area contributed by atoms with Crippen LogP contribution < -0.4 is 0 Å². The lowest BCUT2D eigenvalue weighted by Crippen LogP contribution is -2.29. The highest BCUT2D eigenvalue weighted by atomic mass is 16.5. The molecule has 0 aliphatic heterocycles. The Labute approximate surface area is 95.0 Å². The van der Waals surface area contributed by atoms with Gasteiger partial charge in [0.1, 0.15) is 5.82 Å². The lowest BCUT2D eigenvalue weighted by Gasteiger charge is -2.14. The zero-order chi connectivity index (χ0) is 12.0. The van der Waals surface area contributed by atoms with Crippen molar-refractivity contribution in [1.29, 1.82) is 0 Å². The number of amides is 1. The van der Waals surface area contributed by atoms with Gasteiger partial charge in [-0.2, -0.15) is 0 Å². The zero-order valence-electron chi connectivity index (χ0n) is 9.99. The third-order valence-corrected chi connectivity index (χ3v) is 2.25. The van der Waals surface area contributed by atoms with Crippen LogP contribution in [0.4, 0.5) is 0 Å². The van der Waals surface area contributed by atoms with Gasteiger partial charge in [0.2, 0.25) is 5.82 Å². The predicted molar refractivity (Wildman–Crippen MR) is 59.2 cm³/mol. The summed E-state index contributed by atoms with van der Waals surface area (Å²) in [6.07, 6.45) is 1.55. The Morgan fingerprint density at radius 1 is 1.56 bits per heavy atom. The molecule has 1 aromatic rings. The molecule has 90 valence electrons. The van der Waals surface area contributed by atoms with Crippen LogP contribution in [0.3, 0.4) is 0 Å². The number of rotatable bonds is 6. The highest BCUT2D eigenvalue weighted by molar-refractivity contribution is 5.90. The molecule has 1 aromatic heterocycles. The summed E-state index contributed by atoms with van der Waals surface area (Å²) < 4.78 is 4.92. The van der Waals surface area contributed by atoms with E-state index in [-0.39, 0.29) is 11.7 Å². The van der Waals surface area contributed by atoms with Gasteiger partial charge in [-0.25, -0.2) is 4.98 Å². The van der Waals surface area contributed by atoms with Crippen LogP contribution in [0.5, 0.6) is 0 Å². The minimum atomic E-state index is -0.160. The van der Waals surface area contributed by atoms with Crippen molar-refractivity contribution in [3.8, 4) is 0 Å². The normalized spacial score (nSPS) is 10.4. The van der Waals surface area contributed by atoms with Gasteiger partial charge >= 0.3 is 0 Å². The van der Waals surface area contributed by atoms with E-state index in [9.17, 15) is 4.79 Å². The van der Waals surface area contributed by atoms with E-state index in [1.54, 1.807) is 19.1 Å². The van der Waals surface area contributed by atoms with Crippen molar-refractivity contribution in [1.82, 2.24) is 20.1 Å². The van der Waals surface area contributed by atoms with Gasteiger partial charge in [-0.3, -0.25) is 9.89 Å². The fourth-order valence-corrected chi connectivity index (χ4v) is 1.27. The number of H-pyrrole nitrogens is 1. The van der Waals surface area contributed by atoms with Crippen LogP contribution in [0.25, 0.3) is 0 Å². The molecule has 1 N–H and O–H groups in total. The summed E-state index contributed by atoms with van der Waals surface area (Å²) in [4.78, 5) is 17.5. The first-order valence-electron chi connectivity index (χ1n) is 5.34. The van der Waals surface area contributed by atoms with Crippen molar-refractivity contribution >= 4 is 5.91 Å². The minimum absolute atomic E-state index is 0.160. The van der Waals surface area contributed by atoms with Gasteiger partial charge in [0.15, 0.2) is 0 Å². The van der Waals surface area contributed by atoms with Crippen molar-refractivity contribution in [3.63, 3.8) is 0 Å². The second-order valence-electron chi connectivity index (χ2n) is 3.53. The lowest BCUT2D eigenvalue weighted by molar-refractivity contribution is 0.0768. The first kappa shape index (κ1) is 12.6. The summed E-state index contributed by atoms with van der Waals surface area (Å²) in [6, 6.07) is 0. The molecule has 6 heteroatoms. The van der Waals surface area contributed by atoms with Crippen LogP contribution in [-0.4, -0.2) is 53.3 Å². The van der Waals surface area contributed by atoms with E-state index in [4.69, 9.17) is 4.74 Å². The maximum absolute atomic E-state index is 11.8. The number of carbonyl (C=O) groups excluding carboxylic acids is 1. The van der Waals surface area contributed by atoms with Crippen molar-refractivity contribution in [3.05, 3.63) is 11.6 Å². The molecule has 0 radical (unpaired) electrons. The van der Waals surface area contributed by atoms with E-state index in [0.29, 0.717) is 13.2 Å². The van der Waals surface area contributed by atoms with Gasteiger partial charge in [0, 0.05) is 33.7 Å². The molecule has 0 atom stereocenters. The first-order valence-corrected chi connectivity index (χ1v) is 5.34. The number of nitrogens with zero attached hydrogens (tertiary/aromatic N) is 3. The van der Waals surface area contributed by atoms with Crippen molar-refractivity contribution in [2.75, 3.05) is 27.3 Å². The average Bonchev–Trinajstić information content (AvgIpc) is 2.76. The molecule has 0 aliphatic rings. The van der Waals surface area contributed by atoms with E-state index in [2.05, 4.69) is 15.2 Å². The maximum Gasteiger partial charge on any atom is 0.293 e. The molecular weight excluding hydrogens is 208 g/mol. The van der Waals surface area contributed by atoms with Crippen LogP contribution in [-0.2, 0) is 11.2 Å². The molecule has 0 aliphatic carbocycles. The third-order valence-electron chi connectivity index (χ3n) is 2.25. The van der Waals surface area contributed by atoms with E-state index < -0.39 is 0 Å². The number of aromatic nitrogens is 3. The van der Waals surface area contributed by atoms with Gasteiger partial charge in [-0.1, -0.05) is 6.92 Å². The second kappa shape index (κ2) is 6.22. The Kier molecular flexibility index (Phi) is 4.91. The SMILES string of the molecule is CCc1nc(C(=O)N(C)CCCOC)n[nH]1. The molecule has 16 heavy (non-hydrogen) atoms. The Hall–Kier alpha value is -1.43. The number of aryl methyl sites for hydroxylation is 1. The zero-order valence-corrected chi connectivity index (χ0v) is 9.99. The van der Waals surface area contributed by atoms with Crippen LogP contribution >= 0.6 is 0 Å². The standard InChI is InChI=1S/C10H18N4O2/c1-4-8-11-9(13-12-8)10(15)14(2)6-5-7-16-3/h4-7H2,1-3H3,(H,11,12,13). The van der Waals surface area contributed by atoms with E-state index in [1.807, 2.05) is 6.92 Å². The monoisotopic (exact) mass is 226 g/mol. The van der Waals surface area contributed by atoms with Gasteiger partial charge in [0.05, 0.1) is 0 Å². The summed E-state index contributed by atoms with van der Waals surface area (Å²) in [5, 5.41) is 6.60. The second-order valence-corrected chi connectivity index (χ2v) is 3.53. The van der Waals surface area contributed by atoms with Crippen LogP contribution in [0.15, 0.2) is 0 Å². The molecule has 0 saturated carbocycles. The number of nitrogens with one attached hydrogen (secondary N) is 1. The number of carbonyl (C=O) groups is 1. The molecule has 1 amide bonds. The lowest BCUT2D eigenvalue weighted by atomic mass is 10.4. The Morgan fingerprint density at radius 3 is 2.88 bits per heavy atom. The molecule has 6 nitrogen and oxygen atoms in total.